The summed E-state index contributed by atoms with van der Waals surface area (Å²) in [6, 6.07) is 0. The maximum atomic E-state index is 6.42. The van der Waals surface area contributed by atoms with E-state index < -0.39 is 0 Å². The van der Waals surface area contributed by atoms with Gasteiger partial charge in [-0.15, -0.1) is 0 Å². The number of nitrogens with zero attached hydrogens (tertiary/aromatic N) is 2. The number of anilines is 1. The maximum absolute atomic E-state index is 6.42. The molecule has 3 nitrogen and oxygen atoms in total. The Morgan fingerprint density at radius 3 is 2.00 bits per heavy atom. The van der Waals surface area contributed by atoms with Crippen LogP contribution in [0.15, 0.2) is 0 Å². The van der Waals surface area contributed by atoms with Gasteiger partial charge in [0.25, 0.3) is 0 Å². The zero-order valence-electron chi connectivity index (χ0n) is 14.0. The van der Waals surface area contributed by atoms with Crippen LogP contribution in [-0.4, -0.2) is 9.55 Å². The molecule has 1 unspecified atom stereocenters. The lowest BCUT2D eigenvalue weighted by Crippen LogP contribution is -2.30. The van der Waals surface area contributed by atoms with Crippen LogP contribution in [0, 0.1) is 0 Å². The SMILES string of the molecule is CCCC(C)c1nc(C(C)(C)C)n(C(C)(C)C)c1N. The van der Waals surface area contributed by atoms with Gasteiger partial charge in [0.1, 0.15) is 11.6 Å². The Morgan fingerprint density at radius 2 is 1.68 bits per heavy atom. The summed E-state index contributed by atoms with van der Waals surface area (Å²) in [5, 5.41) is 0. The summed E-state index contributed by atoms with van der Waals surface area (Å²) in [7, 11) is 0. The first-order valence-electron chi connectivity index (χ1n) is 7.39. The van der Waals surface area contributed by atoms with Crippen molar-refractivity contribution in [2.45, 2.75) is 85.1 Å². The van der Waals surface area contributed by atoms with Crippen molar-refractivity contribution in [3.8, 4) is 0 Å². The van der Waals surface area contributed by atoms with Crippen molar-refractivity contribution in [2.75, 3.05) is 5.73 Å². The Kier molecular flexibility index (Phi) is 4.38. The van der Waals surface area contributed by atoms with Crippen LogP contribution in [0.5, 0.6) is 0 Å². The molecule has 1 aromatic heterocycles. The standard InChI is InChI=1S/C16H31N3/c1-9-10-11(2)12-13(17)19(16(6,7)8)14(18-12)15(3,4)5/h11H,9-10,17H2,1-8H3. The number of hydrogen-bond donors (Lipinski definition) is 1. The molecule has 3 heteroatoms. The molecule has 1 heterocycles. The normalized spacial score (nSPS) is 14.7. The molecule has 0 spiro atoms. The Bertz CT molecular complexity index is 430. The average molecular weight is 265 g/mol. The van der Waals surface area contributed by atoms with Crippen molar-refractivity contribution in [3.05, 3.63) is 11.5 Å². The van der Waals surface area contributed by atoms with Crippen LogP contribution in [0.25, 0.3) is 0 Å². The van der Waals surface area contributed by atoms with Gasteiger partial charge in [-0.2, -0.15) is 0 Å². The van der Waals surface area contributed by atoms with E-state index in [-0.39, 0.29) is 11.0 Å². The molecule has 0 radical (unpaired) electrons. The fourth-order valence-corrected chi connectivity index (χ4v) is 2.56. The molecule has 0 amide bonds. The van der Waals surface area contributed by atoms with Gasteiger partial charge in [-0.05, 0) is 27.2 Å². The van der Waals surface area contributed by atoms with Gasteiger partial charge in [0.2, 0.25) is 0 Å². The summed E-state index contributed by atoms with van der Waals surface area (Å²) in [5.41, 5.74) is 7.46. The number of rotatable bonds is 3. The first kappa shape index (κ1) is 16.1. The van der Waals surface area contributed by atoms with Gasteiger partial charge in [0.05, 0.1) is 5.69 Å². The zero-order chi connectivity index (χ0) is 15.0. The minimum absolute atomic E-state index is 0.00554. The molecular formula is C16H31N3. The highest BCUT2D eigenvalue weighted by molar-refractivity contribution is 5.43. The number of nitrogen functional groups attached to an aromatic ring is 1. The van der Waals surface area contributed by atoms with Gasteiger partial charge in [0, 0.05) is 16.9 Å². The topological polar surface area (TPSA) is 43.8 Å². The molecule has 2 N–H and O–H groups in total. The summed E-state index contributed by atoms with van der Waals surface area (Å²) in [6.45, 7) is 17.6. The summed E-state index contributed by atoms with van der Waals surface area (Å²) < 4.78 is 2.22. The fourth-order valence-electron chi connectivity index (χ4n) is 2.56. The van der Waals surface area contributed by atoms with E-state index in [9.17, 15) is 0 Å². The third-order valence-corrected chi connectivity index (χ3v) is 3.47. The van der Waals surface area contributed by atoms with Crippen LogP contribution in [0.1, 0.15) is 85.7 Å². The van der Waals surface area contributed by atoms with E-state index in [4.69, 9.17) is 10.7 Å². The minimum atomic E-state index is -0.0378. The molecule has 0 aromatic carbocycles. The summed E-state index contributed by atoms with van der Waals surface area (Å²) >= 11 is 0. The van der Waals surface area contributed by atoms with Gasteiger partial charge >= 0.3 is 0 Å². The predicted octanol–water partition coefficient (Wildman–Crippen LogP) is 4.42. The molecular weight excluding hydrogens is 234 g/mol. The first-order chi connectivity index (χ1) is 8.50. The second kappa shape index (κ2) is 5.18. The zero-order valence-corrected chi connectivity index (χ0v) is 14.0. The Labute approximate surface area is 118 Å². The highest BCUT2D eigenvalue weighted by atomic mass is 15.2. The molecule has 0 bridgehead atoms. The fraction of sp³-hybridized carbons (Fsp3) is 0.812. The number of nitrogens with two attached hydrogens (primary N) is 1. The first-order valence-corrected chi connectivity index (χ1v) is 7.39. The lowest BCUT2D eigenvalue weighted by Gasteiger charge is -2.29. The van der Waals surface area contributed by atoms with Crippen molar-refractivity contribution in [3.63, 3.8) is 0 Å². The van der Waals surface area contributed by atoms with Gasteiger partial charge < -0.3 is 10.3 Å². The third-order valence-electron chi connectivity index (χ3n) is 3.47. The highest BCUT2D eigenvalue weighted by Crippen LogP contribution is 2.35. The van der Waals surface area contributed by atoms with Gasteiger partial charge in [0.15, 0.2) is 0 Å². The number of hydrogen-bond acceptors (Lipinski definition) is 2. The number of imidazole rings is 1. The van der Waals surface area contributed by atoms with Crippen LogP contribution in [0.3, 0.4) is 0 Å². The van der Waals surface area contributed by atoms with E-state index in [0.717, 1.165) is 30.2 Å². The summed E-state index contributed by atoms with van der Waals surface area (Å²) in [5.74, 6) is 2.36. The molecule has 0 aliphatic rings. The molecule has 0 fully saturated rings. The van der Waals surface area contributed by atoms with E-state index in [1.165, 1.54) is 0 Å². The molecule has 1 atom stereocenters. The number of aromatic nitrogens is 2. The summed E-state index contributed by atoms with van der Waals surface area (Å²) in [6.07, 6.45) is 2.29. The molecule has 1 rings (SSSR count). The summed E-state index contributed by atoms with van der Waals surface area (Å²) in [4.78, 5) is 4.90. The van der Waals surface area contributed by atoms with Crippen LogP contribution >= 0.6 is 0 Å². The second-order valence-corrected chi connectivity index (χ2v) is 7.65. The largest absolute Gasteiger partial charge is 0.384 e. The molecule has 0 saturated heterocycles. The maximum Gasteiger partial charge on any atom is 0.127 e. The van der Waals surface area contributed by atoms with Crippen LogP contribution in [-0.2, 0) is 11.0 Å². The van der Waals surface area contributed by atoms with Crippen molar-refractivity contribution in [1.29, 1.82) is 0 Å². The highest BCUT2D eigenvalue weighted by Gasteiger charge is 2.31. The average Bonchev–Trinajstić information content (AvgIpc) is 2.55. The van der Waals surface area contributed by atoms with Crippen LogP contribution < -0.4 is 5.73 Å². The van der Waals surface area contributed by atoms with Crippen molar-refractivity contribution in [2.24, 2.45) is 0 Å². The minimum Gasteiger partial charge on any atom is -0.384 e. The van der Waals surface area contributed by atoms with Gasteiger partial charge in [-0.1, -0.05) is 41.0 Å². The molecule has 1 aromatic rings. The van der Waals surface area contributed by atoms with E-state index in [1.807, 2.05) is 0 Å². The lowest BCUT2D eigenvalue weighted by atomic mass is 9.94. The van der Waals surface area contributed by atoms with Crippen LogP contribution in [0.2, 0.25) is 0 Å². The van der Waals surface area contributed by atoms with Gasteiger partial charge in [-0.25, -0.2) is 4.98 Å². The third kappa shape index (κ3) is 3.31. The molecule has 0 saturated carbocycles. The predicted molar refractivity (Wildman–Crippen MR) is 83.7 cm³/mol. The lowest BCUT2D eigenvalue weighted by molar-refractivity contribution is 0.359. The van der Waals surface area contributed by atoms with E-state index in [1.54, 1.807) is 0 Å². The van der Waals surface area contributed by atoms with Crippen LogP contribution in [0.4, 0.5) is 5.82 Å². The molecule has 19 heavy (non-hydrogen) atoms. The molecule has 0 aliphatic carbocycles. The van der Waals surface area contributed by atoms with E-state index in [0.29, 0.717) is 5.92 Å². The van der Waals surface area contributed by atoms with Gasteiger partial charge in [-0.3, -0.25) is 0 Å². The molecule has 110 valence electrons. The second-order valence-electron chi connectivity index (χ2n) is 7.65. The van der Waals surface area contributed by atoms with Crippen molar-refractivity contribution in [1.82, 2.24) is 9.55 Å². The van der Waals surface area contributed by atoms with E-state index in [2.05, 4.69) is 60.0 Å². The smallest absolute Gasteiger partial charge is 0.127 e. The molecule has 0 aliphatic heterocycles. The Hall–Kier alpha value is -0.990. The van der Waals surface area contributed by atoms with E-state index >= 15 is 0 Å². The van der Waals surface area contributed by atoms with Crippen molar-refractivity contribution < 1.29 is 0 Å². The Morgan fingerprint density at radius 1 is 1.16 bits per heavy atom. The quantitative estimate of drug-likeness (QED) is 0.879. The Balaban J connectivity index is 3.44. The monoisotopic (exact) mass is 265 g/mol. The van der Waals surface area contributed by atoms with Crippen molar-refractivity contribution >= 4 is 5.82 Å².